The molecule has 3 nitrogen and oxygen atoms in total. The van der Waals surface area contributed by atoms with Gasteiger partial charge in [0.1, 0.15) is 0 Å². The Bertz CT molecular complexity index is 68.6. The normalized spacial score (nSPS) is 11.2. The summed E-state index contributed by atoms with van der Waals surface area (Å²) in [6.45, 7) is 3.17. The average Bonchev–Trinajstić information content (AvgIpc) is 1.65. The van der Waals surface area contributed by atoms with Crippen LogP contribution in [0.5, 0.6) is 0 Å². The number of ether oxygens (including phenoxy) is 1. The summed E-state index contributed by atoms with van der Waals surface area (Å²) in [5.41, 5.74) is 0. The van der Waals surface area contributed by atoms with Gasteiger partial charge in [0.25, 0.3) is 5.97 Å². The molecule has 0 aromatic rings. The van der Waals surface area contributed by atoms with Crippen LogP contribution in [0, 0.1) is 0 Å². The third kappa shape index (κ3) is 60.6. The molecule has 0 aliphatic heterocycles. The van der Waals surface area contributed by atoms with Crippen molar-refractivity contribution in [3.63, 3.8) is 0 Å². The van der Waals surface area contributed by atoms with Crippen LogP contribution in [0.15, 0.2) is 0 Å². The summed E-state index contributed by atoms with van der Waals surface area (Å²) in [6, 6.07) is 0. The van der Waals surface area contributed by atoms with Gasteiger partial charge in [0.05, 0.1) is 0 Å². The zero-order chi connectivity index (χ0) is 7.86. The summed E-state index contributed by atoms with van der Waals surface area (Å²) in [7, 11) is 1.75. The first-order valence-electron chi connectivity index (χ1n) is 2.56. The van der Waals surface area contributed by atoms with E-state index in [0.717, 1.165) is 33.0 Å². The molecule has 0 aliphatic carbocycles. The first-order valence-corrected chi connectivity index (χ1v) is 5.73. The van der Waals surface area contributed by atoms with E-state index in [0.29, 0.717) is 3.61 Å². The van der Waals surface area contributed by atoms with Crippen LogP contribution in [0.4, 0.5) is 0 Å². The van der Waals surface area contributed by atoms with Crippen molar-refractivity contribution in [1.29, 1.82) is 0 Å². The molecule has 0 amide bonds. The number of carboxylic acids is 1. The van der Waals surface area contributed by atoms with Gasteiger partial charge in [-0.3, -0.25) is 4.79 Å². The molecule has 0 aromatic carbocycles. The molecule has 0 rings (SSSR count). The Hall–Kier alpha value is 0.365. The van der Waals surface area contributed by atoms with Gasteiger partial charge in [0.2, 0.25) is 0 Å². The number of carboxylic acid groups (broad SMARTS) is 1. The van der Waals surface area contributed by atoms with Crippen LogP contribution in [-0.4, -0.2) is 21.8 Å². The van der Waals surface area contributed by atoms with E-state index in [1.807, 2.05) is 0 Å². The van der Waals surface area contributed by atoms with E-state index >= 15 is 0 Å². The van der Waals surface area contributed by atoms with Crippen molar-refractivity contribution in [2.24, 2.45) is 0 Å². The minimum absolute atomic E-state index is 0.579. The van der Waals surface area contributed by atoms with Crippen molar-refractivity contribution in [3.05, 3.63) is 0 Å². The predicted molar refractivity (Wildman–Crippen MR) is 29.8 cm³/mol. The zero-order valence-corrected chi connectivity index (χ0v) is 11.5. The molecule has 51 valence electrons. The zero-order valence-electron chi connectivity index (χ0n) is 6.05. The van der Waals surface area contributed by atoms with E-state index in [2.05, 4.69) is 6.92 Å². The van der Waals surface area contributed by atoms with Gasteiger partial charge in [-0.1, -0.05) is 0 Å². The van der Waals surface area contributed by atoms with Gasteiger partial charge in [-0.25, -0.2) is 0 Å². The Morgan fingerprint density at radius 2 is 1.89 bits per heavy atom. The molecule has 9 heavy (non-hydrogen) atoms. The Morgan fingerprint density at radius 1 is 1.78 bits per heavy atom. The van der Waals surface area contributed by atoms with Crippen LogP contribution in [0.25, 0.3) is 0 Å². The number of aliphatic carboxylic acids is 1. The van der Waals surface area contributed by atoms with E-state index < -0.39 is 5.97 Å². The average molecular weight is 320 g/mol. The molecule has 0 aliphatic rings. The second-order valence-electron chi connectivity index (χ2n) is 1.57. The van der Waals surface area contributed by atoms with Crippen LogP contribution in [0.2, 0.25) is 0 Å². The molecule has 1 atom stereocenters. The monoisotopic (exact) mass is 321 g/mol. The molecule has 0 aromatic heterocycles. The second-order valence-corrected chi connectivity index (χ2v) is 6.04. The van der Waals surface area contributed by atoms with Crippen LogP contribution < -0.4 is 0 Å². The molecular formula is C5H11HgO3. The van der Waals surface area contributed by atoms with E-state index in [1.54, 1.807) is 7.11 Å². The van der Waals surface area contributed by atoms with Crippen LogP contribution >= 0.6 is 0 Å². The Morgan fingerprint density at radius 3 is 1.89 bits per heavy atom. The molecule has 0 heterocycles. The number of carbonyl (C=O) groups is 1. The van der Waals surface area contributed by atoms with Gasteiger partial charge in [-0.2, -0.15) is 0 Å². The van der Waals surface area contributed by atoms with Gasteiger partial charge in [0, 0.05) is 6.92 Å². The summed E-state index contributed by atoms with van der Waals surface area (Å²) in [5.74, 6) is -0.833. The molecule has 0 bridgehead atoms. The number of methoxy groups -OCH3 is 1. The summed E-state index contributed by atoms with van der Waals surface area (Å²) < 4.78 is 5.42. The predicted octanol–water partition coefficient (Wildman–Crippen LogP) is 0.616. The molecule has 1 unspecified atom stereocenters. The fourth-order valence-electron chi connectivity index (χ4n) is 0. The van der Waals surface area contributed by atoms with E-state index in [9.17, 15) is 0 Å². The van der Waals surface area contributed by atoms with Crippen molar-refractivity contribution in [2.45, 2.75) is 17.5 Å². The van der Waals surface area contributed by atoms with Crippen molar-refractivity contribution in [2.75, 3.05) is 7.11 Å². The second kappa shape index (κ2) is 8.37. The molecule has 4 heteroatoms. The maximum absolute atomic E-state index is 9.00. The van der Waals surface area contributed by atoms with Crippen molar-refractivity contribution < 1.29 is 40.8 Å². The van der Waals surface area contributed by atoms with Gasteiger partial charge < -0.3 is 5.11 Å². The Balaban J connectivity index is 0. The van der Waals surface area contributed by atoms with Gasteiger partial charge >= 0.3 is 48.5 Å². The molecular weight excluding hydrogens is 309 g/mol. The summed E-state index contributed by atoms with van der Waals surface area (Å²) in [4.78, 5) is 9.00. The standard InChI is InChI=1S/C3H7O.C2H4O2.Hg/c1-3-4-2;1-2(3)4;/h3H,1-2H3;1H3,(H,3,4);. The molecule has 0 fully saturated rings. The topological polar surface area (TPSA) is 46.5 Å². The first-order chi connectivity index (χ1) is 4.00. The maximum atomic E-state index is 9.00. The molecule has 0 radical (unpaired) electrons. The summed E-state index contributed by atoms with van der Waals surface area (Å²) in [5, 5.41) is 7.42. The SMILES string of the molecule is CC(=O)O.CO[CH](C)[Hg]. The third-order valence-corrected chi connectivity index (χ3v) is 1.70. The molecule has 0 spiro atoms. The van der Waals surface area contributed by atoms with Gasteiger partial charge in [-0.15, -0.1) is 0 Å². The molecule has 0 saturated carbocycles. The van der Waals surface area contributed by atoms with Crippen LogP contribution in [0.3, 0.4) is 0 Å². The molecule has 1 N–H and O–H groups in total. The van der Waals surface area contributed by atoms with Crippen molar-refractivity contribution in [1.82, 2.24) is 0 Å². The van der Waals surface area contributed by atoms with Crippen molar-refractivity contribution in [3.8, 4) is 0 Å². The van der Waals surface area contributed by atoms with Crippen LogP contribution in [-0.2, 0) is 35.7 Å². The van der Waals surface area contributed by atoms with E-state index in [1.165, 1.54) is 0 Å². The van der Waals surface area contributed by atoms with E-state index in [-0.39, 0.29) is 0 Å². The fourth-order valence-corrected chi connectivity index (χ4v) is 0. The minimum atomic E-state index is -0.833. The number of rotatable bonds is 1. The van der Waals surface area contributed by atoms with Crippen molar-refractivity contribution >= 4 is 5.97 Å². The van der Waals surface area contributed by atoms with Gasteiger partial charge in [0.15, 0.2) is 0 Å². The van der Waals surface area contributed by atoms with Gasteiger partial charge in [-0.05, 0) is 0 Å². The number of hydrogen-bond donors (Lipinski definition) is 1. The number of hydrogen-bond acceptors (Lipinski definition) is 2. The molecule has 0 saturated heterocycles. The van der Waals surface area contributed by atoms with E-state index in [4.69, 9.17) is 14.6 Å². The Kier molecular flexibility index (Phi) is 11.2. The summed E-state index contributed by atoms with van der Waals surface area (Å²) in [6.07, 6.45) is 0. The Labute approximate surface area is 71.4 Å². The van der Waals surface area contributed by atoms with Crippen LogP contribution in [0.1, 0.15) is 13.8 Å². The quantitative estimate of drug-likeness (QED) is 0.721. The third-order valence-electron chi connectivity index (χ3n) is 0.402. The fraction of sp³-hybridized carbons (Fsp3) is 0.800. The summed E-state index contributed by atoms with van der Waals surface area (Å²) >= 11 is 0.806. The first kappa shape index (κ1) is 12.1.